The van der Waals surface area contributed by atoms with Gasteiger partial charge in [0.25, 0.3) is 0 Å². The summed E-state index contributed by atoms with van der Waals surface area (Å²) in [6.45, 7) is 2.89. The molecule has 0 saturated heterocycles. The van der Waals surface area contributed by atoms with Crippen LogP contribution in [0.25, 0.3) is 0 Å². The molecule has 1 N–H and O–H groups in total. The minimum absolute atomic E-state index is 0.792. The van der Waals surface area contributed by atoms with E-state index in [0.29, 0.717) is 0 Å². The lowest BCUT2D eigenvalue weighted by Crippen LogP contribution is -2.06. The minimum Gasteiger partial charge on any atom is -0.497 e. The highest BCUT2D eigenvalue weighted by Crippen LogP contribution is 2.29. The SMILES string of the molecule is COc1ccc(NCCc2scnc2C)c(OC)c1. The average molecular weight is 278 g/mol. The fraction of sp³-hybridized carbons (Fsp3) is 0.357. The zero-order chi connectivity index (χ0) is 13.7. The maximum atomic E-state index is 5.35. The second-order valence-electron chi connectivity index (χ2n) is 4.10. The summed E-state index contributed by atoms with van der Waals surface area (Å²) in [5.41, 5.74) is 3.98. The highest BCUT2D eigenvalue weighted by molar-refractivity contribution is 7.09. The molecule has 4 nitrogen and oxygen atoms in total. The van der Waals surface area contributed by atoms with Crippen molar-refractivity contribution in [3.63, 3.8) is 0 Å². The summed E-state index contributed by atoms with van der Waals surface area (Å²) < 4.78 is 10.5. The van der Waals surface area contributed by atoms with Gasteiger partial charge in [-0.1, -0.05) is 0 Å². The summed E-state index contributed by atoms with van der Waals surface area (Å²) in [5.74, 6) is 1.58. The first-order chi connectivity index (χ1) is 9.24. The van der Waals surface area contributed by atoms with Gasteiger partial charge in [-0.15, -0.1) is 11.3 Å². The number of aryl methyl sites for hydroxylation is 1. The van der Waals surface area contributed by atoms with Crippen molar-refractivity contribution in [3.8, 4) is 11.5 Å². The molecular weight excluding hydrogens is 260 g/mol. The quantitative estimate of drug-likeness (QED) is 0.881. The number of thiazole rings is 1. The van der Waals surface area contributed by atoms with Gasteiger partial charge in [0.2, 0.25) is 0 Å². The summed E-state index contributed by atoms with van der Waals surface area (Å²) in [5, 5.41) is 3.38. The number of methoxy groups -OCH3 is 2. The molecule has 2 aromatic rings. The zero-order valence-electron chi connectivity index (χ0n) is 11.4. The Balaban J connectivity index is 1.97. The molecule has 0 aliphatic carbocycles. The average Bonchev–Trinajstić information content (AvgIpc) is 2.84. The first kappa shape index (κ1) is 13.7. The summed E-state index contributed by atoms with van der Waals surface area (Å²) >= 11 is 1.70. The van der Waals surface area contributed by atoms with Crippen molar-refractivity contribution in [2.45, 2.75) is 13.3 Å². The van der Waals surface area contributed by atoms with Gasteiger partial charge in [0.15, 0.2) is 0 Å². The maximum Gasteiger partial charge on any atom is 0.145 e. The number of rotatable bonds is 6. The number of hydrogen-bond acceptors (Lipinski definition) is 5. The van der Waals surface area contributed by atoms with Gasteiger partial charge in [0.1, 0.15) is 11.5 Å². The number of hydrogen-bond donors (Lipinski definition) is 1. The Hall–Kier alpha value is -1.75. The van der Waals surface area contributed by atoms with Crippen molar-refractivity contribution >= 4 is 17.0 Å². The van der Waals surface area contributed by atoms with Crippen LogP contribution in [-0.4, -0.2) is 25.7 Å². The molecule has 0 saturated carbocycles. The molecule has 0 aliphatic heterocycles. The highest BCUT2D eigenvalue weighted by atomic mass is 32.1. The Morgan fingerprint density at radius 1 is 1.26 bits per heavy atom. The lowest BCUT2D eigenvalue weighted by Gasteiger charge is -2.12. The number of nitrogens with one attached hydrogen (secondary N) is 1. The summed E-state index contributed by atoms with van der Waals surface area (Å²) in [4.78, 5) is 5.57. The highest BCUT2D eigenvalue weighted by Gasteiger charge is 2.05. The van der Waals surface area contributed by atoms with E-state index in [1.807, 2.05) is 30.6 Å². The van der Waals surface area contributed by atoms with Crippen LogP contribution in [0.3, 0.4) is 0 Å². The number of aromatic nitrogens is 1. The van der Waals surface area contributed by atoms with Gasteiger partial charge >= 0.3 is 0 Å². The van der Waals surface area contributed by atoms with E-state index in [9.17, 15) is 0 Å². The van der Waals surface area contributed by atoms with Crippen LogP contribution in [0.2, 0.25) is 0 Å². The molecule has 0 fully saturated rings. The van der Waals surface area contributed by atoms with Gasteiger partial charge in [0.05, 0.1) is 31.1 Å². The maximum absolute atomic E-state index is 5.35. The van der Waals surface area contributed by atoms with Gasteiger partial charge in [0, 0.05) is 23.9 Å². The van der Waals surface area contributed by atoms with Crippen molar-refractivity contribution in [1.29, 1.82) is 0 Å². The van der Waals surface area contributed by atoms with Crippen LogP contribution in [0, 0.1) is 6.92 Å². The van der Waals surface area contributed by atoms with E-state index in [2.05, 4.69) is 10.3 Å². The molecule has 0 bridgehead atoms. The van der Waals surface area contributed by atoms with Gasteiger partial charge in [-0.2, -0.15) is 0 Å². The molecule has 1 heterocycles. The first-order valence-electron chi connectivity index (χ1n) is 6.09. The van der Waals surface area contributed by atoms with Crippen LogP contribution in [0.15, 0.2) is 23.7 Å². The predicted molar refractivity (Wildman–Crippen MR) is 78.6 cm³/mol. The van der Waals surface area contributed by atoms with Gasteiger partial charge in [-0.05, 0) is 19.1 Å². The first-order valence-corrected chi connectivity index (χ1v) is 6.97. The smallest absolute Gasteiger partial charge is 0.145 e. The number of benzene rings is 1. The van der Waals surface area contributed by atoms with Crippen LogP contribution in [0.1, 0.15) is 10.6 Å². The van der Waals surface area contributed by atoms with Crippen molar-refractivity contribution < 1.29 is 9.47 Å². The van der Waals surface area contributed by atoms with E-state index in [1.165, 1.54) is 4.88 Å². The van der Waals surface area contributed by atoms with Crippen molar-refractivity contribution in [1.82, 2.24) is 4.98 Å². The summed E-state index contributed by atoms with van der Waals surface area (Å²) in [7, 11) is 3.31. The molecule has 0 spiro atoms. The molecule has 0 aliphatic rings. The van der Waals surface area contributed by atoms with Crippen LogP contribution >= 0.6 is 11.3 Å². The largest absolute Gasteiger partial charge is 0.497 e. The molecule has 2 rings (SSSR count). The van der Waals surface area contributed by atoms with E-state index in [1.54, 1.807) is 25.6 Å². The fourth-order valence-corrected chi connectivity index (χ4v) is 2.60. The minimum atomic E-state index is 0.792. The zero-order valence-corrected chi connectivity index (χ0v) is 12.2. The Labute approximate surface area is 117 Å². The molecule has 0 atom stereocenters. The topological polar surface area (TPSA) is 43.4 Å². The van der Waals surface area contributed by atoms with E-state index in [-0.39, 0.29) is 0 Å². The Bertz CT molecular complexity index is 540. The number of nitrogens with zero attached hydrogens (tertiary/aromatic N) is 1. The molecule has 0 radical (unpaired) electrons. The van der Waals surface area contributed by atoms with Crippen LogP contribution < -0.4 is 14.8 Å². The Morgan fingerprint density at radius 3 is 2.74 bits per heavy atom. The second kappa shape index (κ2) is 6.43. The molecule has 0 amide bonds. The van der Waals surface area contributed by atoms with Crippen molar-refractivity contribution in [2.24, 2.45) is 0 Å². The van der Waals surface area contributed by atoms with Crippen molar-refractivity contribution in [2.75, 3.05) is 26.1 Å². The van der Waals surface area contributed by atoms with Crippen LogP contribution in [0.5, 0.6) is 11.5 Å². The third-order valence-corrected chi connectivity index (χ3v) is 3.92. The predicted octanol–water partition coefficient (Wildman–Crippen LogP) is 3.12. The number of ether oxygens (including phenoxy) is 2. The molecule has 1 aromatic heterocycles. The van der Waals surface area contributed by atoms with E-state index in [0.717, 1.165) is 35.8 Å². The summed E-state index contributed by atoms with van der Waals surface area (Å²) in [6.07, 6.45) is 0.964. The van der Waals surface area contributed by atoms with Crippen molar-refractivity contribution in [3.05, 3.63) is 34.3 Å². The molecular formula is C14H18N2O2S. The van der Waals surface area contributed by atoms with Crippen LogP contribution in [-0.2, 0) is 6.42 Å². The molecule has 19 heavy (non-hydrogen) atoms. The lowest BCUT2D eigenvalue weighted by molar-refractivity contribution is 0.395. The fourth-order valence-electron chi connectivity index (χ4n) is 1.82. The molecule has 0 unspecified atom stereocenters. The van der Waals surface area contributed by atoms with Crippen LogP contribution in [0.4, 0.5) is 5.69 Å². The molecule has 1 aromatic carbocycles. The monoisotopic (exact) mass is 278 g/mol. The third kappa shape index (κ3) is 3.38. The Kier molecular flexibility index (Phi) is 4.63. The number of anilines is 1. The molecule has 5 heteroatoms. The summed E-state index contributed by atoms with van der Waals surface area (Å²) in [6, 6.07) is 5.76. The van der Waals surface area contributed by atoms with Gasteiger partial charge in [-0.3, -0.25) is 0 Å². The molecule has 102 valence electrons. The third-order valence-electron chi connectivity index (χ3n) is 2.92. The standard InChI is InChI=1S/C14H18N2O2S/c1-10-14(19-9-16-10)6-7-15-12-5-4-11(17-2)8-13(12)18-3/h4-5,8-9,15H,6-7H2,1-3H3. The Morgan fingerprint density at radius 2 is 2.11 bits per heavy atom. The second-order valence-corrected chi connectivity index (χ2v) is 5.04. The normalized spacial score (nSPS) is 10.3. The van der Waals surface area contributed by atoms with E-state index in [4.69, 9.17) is 9.47 Å². The van der Waals surface area contributed by atoms with E-state index < -0.39 is 0 Å². The van der Waals surface area contributed by atoms with Gasteiger partial charge < -0.3 is 14.8 Å². The van der Waals surface area contributed by atoms with Gasteiger partial charge in [-0.25, -0.2) is 4.98 Å². The lowest BCUT2D eigenvalue weighted by atomic mass is 10.2. The van der Waals surface area contributed by atoms with E-state index >= 15 is 0 Å².